The fourth-order valence-electron chi connectivity index (χ4n) is 5.05. The van der Waals surface area contributed by atoms with Crippen LogP contribution in [0.3, 0.4) is 0 Å². The number of unbranched alkanes of at least 4 members (excludes halogenated alkanes) is 2. The van der Waals surface area contributed by atoms with Crippen molar-refractivity contribution in [3.05, 3.63) is 72.8 Å². The van der Waals surface area contributed by atoms with Crippen LogP contribution in [-0.4, -0.2) is 23.2 Å². The molecule has 0 aliphatic carbocycles. The van der Waals surface area contributed by atoms with Crippen LogP contribution in [0.15, 0.2) is 72.8 Å². The van der Waals surface area contributed by atoms with Crippen molar-refractivity contribution in [2.24, 2.45) is 11.8 Å². The highest BCUT2D eigenvalue weighted by Gasteiger charge is 2.15. The molecule has 0 aliphatic rings. The molecule has 0 bridgehead atoms. The molecule has 4 aromatic rings. The number of fused-ring (bicyclic) bond motifs is 1. The highest BCUT2D eigenvalue weighted by Crippen LogP contribution is 2.33. The van der Waals surface area contributed by atoms with E-state index in [4.69, 9.17) is 19.4 Å². The lowest BCUT2D eigenvalue weighted by Crippen LogP contribution is -2.11. The first-order valence-corrected chi connectivity index (χ1v) is 15.4. The number of rotatable bonds is 16. The molecule has 0 amide bonds. The molecule has 0 aliphatic heterocycles. The first-order valence-electron chi connectivity index (χ1n) is 15.4. The summed E-state index contributed by atoms with van der Waals surface area (Å²) in [6, 6.07) is 24.7. The summed E-state index contributed by atoms with van der Waals surface area (Å²) in [5.74, 6) is 3.02. The Morgan fingerprint density at radius 1 is 0.550 bits per heavy atom. The summed E-state index contributed by atoms with van der Waals surface area (Å²) < 4.78 is 12.3. The van der Waals surface area contributed by atoms with E-state index in [2.05, 4.69) is 76.2 Å². The number of para-hydroxylation sites is 2. The van der Waals surface area contributed by atoms with Crippen LogP contribution < -0.4 is 9.47 Å². The first-order chi connectivity index (χ1) is 19.6. The third-order valence-corrected chi connectivity index (χ3v) is 7.88. The molecule has 0 fully saturated rings. The van der Waals surface area contributed by atoms with Gasteiger partial charge in [0.1, 0.15) is 11.5 Å². The highest BCUT2D eigenvalue weighted by atomic mass is 16.5. The zero-order valence-electron chi connectivity index (χ0n) is 24.9. The van der Waals surface area contributed by atoms with Gasteiger partial charge in [0, 0.05) is 11.1 Å². The second-order valence-corrected chi connectivity index (χ2v) is 10.9. The third-order valence-electron chi connectivity index (χ3n) is 7.88. The minimum absolute atomic E-state index is 0.605. The van der Waals surface area contributed by atoms with Gasteiger partial charge in [-0.1, -0.05) is 78.4 Å². The first kappa shape index (κ1) is 29.6. The van der Waals surface area contributed by atoms with Crippen LogP contribution in [-0.2, 0) is 0 Å². The van der Waals surface area contributed by atoms with Gasteiger partial charge in [-0.2, -0.15) is 0 Å². The van der Waals surface area contributed by atoms with Gasteiger partial charge in [-0.15, -0.1) is 0 Å². The van der Waals surface area contributed by atoms with Crippen LogP contribution in [0.2, 0.25) is 0 Å². The van der Waals surface area contributed by atoms with Crippen molar-refractivity contribution in [2.45, 2.75) is 79.1 Å². The zero-order valence-corrected chi connectivity index (χ0v) is 24.9. The number of hydrogen-bond donors (Lipinski definition) is 0. The summed E-state index contributed by atoms with van der Waals surface area (Å²) in [6.45, 7) is 10.5. The van der Waals surface area contributed by atoms with E-state index in [1.54, 1.807) is 0 Å². The summed E-state index contributed by atoms with van der Waals surface area (Å²) >= 11 is 0. The minimum Gasteiger partial charge on any atom is -0.493 e. The van der Waals surface area contributed by atoms with Crippen LogP contribution >= 0.6 is 0 Å². The molecule has 4 nitrogen and oxygen atoms in total. The molecule has 0 spiro atoms. The Morgan fingerprint density at radius 2 is 0.950 bits per heavy atom. The van der Waals surface area contributed by atoms with E-state index >= 15 is 0 Å². The van der Waals surface area contributed by atoms with E-state index in [9.17, 15) is 0 Å². The average molecular weight is 539 g/mol. The molecule has 4 heteroatoms. The number of hydrogen-bond acceptors (Lipinski definition) is 4. The lowest BCUT2D eigenvalue weighted by Gasteiger charge is -2.16. The zero-order chi connectivity index (χ0) is 28.2. The van der Waals surface area contributed by atoms with Gasteiger partial charge in [-0.25, -0.2) is 9.97 Å². The van der Waals surface area contributed by atoms with Gasteiger partial charge in [0.05, 0.1) is 35.6 Å². The topological polar surface area (TPSA) is 44.2 Å². The maximum Gasteiger partial charge on any atom is 0.119 e. The van der Waals surface area contributed by atoms with E-state index in [1.165, 1.54) is 38.5 Å². The largest absolute Gasteiger partial charge is 0.493 e. The Morgan fingerprint density at radius 3 is 1.30 bits per heavy atom. The number of benzene rings is 3. The molecular weight excluding hydrogens is 492 g/mol. The van der Waals surface area contributed by atoms with Crippen LogP contribution in [0.1, 0.15) is 79.1 Å². The highest BCUT2D eigenvalue weighted by molar-refractivity contribution is 5.86. The second kappa shape index (κ2) is 15.4. The Hall–Kier alpha value is -3.40. The molecule has 212 valence electrons. The summed E-state index contributed by atoms with van der Waals surface area (Å²) in [5, 5.41) is 0. The summed E-state index contributed by atoms with van der Waals surface area (Å²) in [7, 11) is 0. The molecule has 0 N–H and O–H groups in total. The van der Waals surface area contributed by atoms with Crippen molar-refractivity contribution < 1.29 is 9.47 Å². The van der Waals surface area contributed by atoms with Crippen molar-refractivity contribution in [3.8, 4) is 34.0 Å². The summed E-state index contributed by atoms with van der Waals surface area (Å²) in [6.07, 6.45) is 9.73. The molecule has 1 aromatic heterocycles. The molecule has 1 heterocycles. The Balaban J connectivity index is 1.55. The molecule has 0 saturated heterocycles. The van der Waals surface area contributed by atoms with Gasteiger partial charge in [-0.05, 0) is 85.3 Å². The lowest BCUT2D eigenvalue weighted by molar-refractivity contribution is 0.233. The minimum atomic E-state index is 0.605. The standard InChI is InChI=1S/C36H46N2O2/c1-5-9-13-27(7-3)25-39-31-21-17-29(18-22-31)35-36(38-34-16-12-11-15-33(34)37-35)30-19-23-32(24-20-30)40-26-28(8-4)14-10-6-2/h11-12,15-24,27-28H,5-10,13-14,25-26H2,1-4H3. The SMILES string of the molecule is CCCCC(CC)COc1ccc(-c2nc3ccccc3nc2-c2ccc(OCC(CC)CCCC)cc2)cc1. The van der Waals surface area contributed by atoms with E-state index in [1.807, 2.05) is 24.3 Å². The van der Waals surface area contributed by atoms with Gasteiger partial charge in [0.25, 0.3) is 0 Å². The molecular formula is C36H46N2O2. The van der Waals surface area contributed by atoms with E-state index < -0.39 is 0 Å². The molecule has 4 rings (SSSR count). The van der Waals surface area contributed by atoms with E-state index in [-0.39, 0.29) is 0 Å². The smallest absolute Gasteiger partial charge is 0.119 e. The molecule has 0 saturated carbocycles. The van der Waals surface area contributed by atoms with Crippen LogP contribution in [0.25, 0.3) is 33.5 Å². The van der Waals surface area contributed by atoms with E-state index in [0.29, 0.717) is 11.8 Å². The fourth-order valence-corrected chi connectivity index (χ4v) is 5.05. The quantitative estimate of drug-likeness (QED) is 0.142. The van der Waals surface area contributed by atoms with E-state index in [0.717, 1.165) is 71.1 Å². The molecule has 40 heavy (non-hydrogen) atoms. The van der Waals surface area contributed by atoms with Crippen LogP contribution in [0.5, 0.6) is 11.5 Å². The van der Waals surface area contributed by atoms with Crippen LogP contribution in [0, 0.1) is 11.8 Å². The van der Waals surface area contributed by atoms with Gasteiger partial charge in [0.2, 0.25) is 0 Å². The monoisotopic (exact) mass is 538 g/mol. The lowest BCUT2D eigenvalue weighted by atomic mass is 10.0. The Labute approximate surface area is 241 Å². The van der Waals surface area contributed by atoms with Crippen molar-refractivity contribution >= 4 is 11.0 Å². The van der Waals surface area contributed by atoms with Crippen LogP contribution in [0.4, 0.5) is 0 Å². The fraction of sp³-hybridized carbons (Fsp3) is 0.444. The number of nitrogens with zero attached hydrogens (tertiary/aromatic N) is 2. The Bertz CT molecular complexity index is 1200. The maximum atomic E-state index is 6.16. The molecule has 2 atom stereocenters. The second-order valence-electron chi connectivity index (χ2n) is 10.9. The maximum absolute atomic E-state index is 6.16. The normalized spacial score (nSPS) is 12.8. The third kappa shape index (κ3) is 8.06. The number of aromatic nitrogens is 2. The van der Waals surface area contributed by atoms with Crippen molar-refractivity contribution in [3.63, 3.8) is 0 Å². The van der Waals surface area contributed by atoms with Crippen molar-refractivity contribution in [1.82, 2.24) is 9.97 Å². The average Bonchev–Trinajstić information content (AvgIpc) is 3.01. The van der Waals surface area contributed by atoms with Gasteiger partial charge in [-0.3, -0.25) is 0 Å². The van der Waals surface area contributed by atoms with Crippen molar-refractivity contribution in [2.75, 3.05) is 13.2 Å². The predicted molar refractivity (Wildman–Crippen MR) is 168 cm³/mol. The predicted octanol–water partition coefficient (Wildman–Crippen LogP) is 10.2. The van der Waals surface area contributed by atoms with Gasteiger partial charge < -0.3 is 9.47 Å². The summed E-state index contributed by atoms with van der Waals surface area (Å²) in [4.78, 5) is 10.1. The molecule has 3 aromatic carbocycles. The van der Waals surface area contributed by atoms with Gasteiger partial charge in [0.15, 0.2) is 0 Å². The molecule has 2 unspecified atom stereocenters. The summed E-state index contributed by atoms with van der Waals surface area (Å²) in [5.41, 5.74) is 5.58. The van der Waals surface area contributed by atoms with Crippen molar-refractivity contribution in [1.29, 1.82) is 0 Å². The molecule has 0 radical (unpaired) electrons. The van der Waals surface area contributed by atoms with Gasteiger partial charge >= 0.3 is 0 Å². The Kier molecular flexibility index (Phi) is 11.4. The number of ether oxygens (including phenoxy) is 2.